The van der Waals surface area contributed by atoms with Crippen molar-refractivity contribution in [1.82, 2.24) is 4.57 Å². The van der Waals surface area contributed by atoms with Crippen LogP contribution in [0.25, 0.3) is 0 Å². The molecule has 1 heterocycles. The van der Waals surface area contributed by atoms with E-state index in [4.69, 9.17) is 4.99 Å². The Balaban J connectivity index is 3.12. The average molecular weight is 240 g/mol. The predicted molar refractivity (Wildman–Crippen MR) is 75.9 cm³/mol. The molecule has 1 aliphatic heterocycles. The van der Waals surface area contributed by atoms with E-state index in [1.807, 2.05) is 0 Å². The van der Waals surface area contributed by atoms with Gasteiger partial charge in [-0.2, -0.15) is 0 Å². The molecule has 1 rings (SSSR count). The maximum absolute atomic E-state index is 4.77. The van der Waals surface area contributed by atoms with Gasteiger partial charge in [0, 0.05) is 17.8 Å². The van der Waals surface area contributed by atoms with Crippen LogP contribution in [0.2, 0.25) is 19.6 Å². The Hall–Kier alpha value is -0.153. The van der Waals surface area contributed by atoms with E-state index < -0.39 is 8.24 Å². The van der Waals surface area contributed by atoms with Gasteiger partial charge in [-0.3, -0.25) is 4.99 Å². The molecule has 3 heteroatoms. The van der Waals surface area contributed by atoms with Crippen LogP contribution in [0.3, 0.4) is 0 Å². The zero-order chi connectivity index (χ0) is 12.6. The Bertz CT molecular complexity index is 266. The van der Waals surface area contributed by atoms with Crippen molar-refractivity contribution < 1.29 is 0 Å². The van der Waals surface area contributed by atoms with Crippen LogP contribution in [-0.4, -0.2) is 36.6 Å². The van der Waals surface area contributed by atoms with Crippen molar-refractivity contribution in [3.8, 4) is 0 Å². The third-order valence-electron chi connectivity index (χ3n) is 3.54. The van der Waals surface area contributed by atoms with E-state index in [-0.39, 0.29) is 5.54 Å². The van der Waals surface area contributed by atoms with Gasteiger partial charge in [0.05, 0.1) is 6.04 Å². The molecule has 0 aromatic carbocycles. The molecule has 0 N–H and O–H groups in total. The largest absolute Gasteiger partial charge is 0.310 e. The summed E-state index contributed by atoms with van der Waals surface area (Å²) in [6.07, 6.45) is 4.56. The molecule has 0 fully saturated rings. The molecule has 0 aromatic rings. The van der Waals surface area contributed by atoms with Crippen molar-refractivity contribution in [1.29, 1.82) is 0 Å². The van der Waals surface area contributed by atoms with Crippen molar-refractivity contribution in [3.05, 3.63) is 0 Å². The van der Waals surface area contributed by atoms with Crippen LogP contribution in [-0.2, 0) is 0 Å². The lowest BCUT2D eigenvalue weighted by atomic mass is 9.95. The summed E-state index contributed by atoms with van der Waals surface area (Å²) in [4.78, 5) is 4.77. The first-order valence-corrected chi connectivity index (χ1v) is 10.0. The summed E-state index contributed by atoms with van der Waals surface area (Å²) in [6.45, 7) is 16.5. The summed E-state index contributed by atoms with van der Waals surface area (Å²) in [5.41, 5.74) is 0.136. The lowest BCUT2D eigenvalue weighted by Gasteiger charge is -2.53. The van der Waals surface area contributed by atoms with Gasteiger partial charge < -0.3 is 4.57 Å². The molecule has 94 valence electrons. The van der Waals surface area contributed by atoms with Crippen LogP contribution < -0.4 is 0 Å². The fraction of sp³-hybridized carbons (Fsp3) is 0.923. The molecule has 0 radical (unpaired) electrons. The monoisotopic (exact) mass is 240 g/mol. The molecular formula is C13H28N2Si. The van der Waals surface area contributed by atoms with Crippen molar-refractivity contribution in [3.63, 3.8) is 0 Å². The lowest BCUT2D eigenvalue weighted by Crippen LogP contribution is -2.66. The smallest absolute Gasteiger partial charge is 0.120 e. The second kappa shape index (κ2) is 4.61. The Morgan fingerprint density at radius 2 is 1.75 bits per heavy atom. The molecule has 0 bridgehead atoms. The summed E-state index contributed by atoms with van der Waals surface area (Å²) in [5.74, 6) is 0. The molecule has 0 spiro atoms. The zero-order valence-corrected chi connectivity index (χ0v) is 13.0. The molecule has 0 amide bonds. The molecule has 0 aromatic heterocycles. The molecule has 0 aliphatic carbocycles. The van der Waals surface area contributed by atoms with E-state index in [0.29, 0.717) is 12.1 Å². The fourth-order valence-corrected chi connectivity index (χ4v) is 6.37. The molecule has 0 saturated heterocycles. The first kappa shape index (κ1) is 13.9. The van der Waals surface area contributed by atoms with Crippen LogP contribution in [0.4, 0.5) is 0 Å². The van der Waals surface area contributed by atoms with Crippen LogP contribution in [0.5, 0.6) is 0 Å². The van der Waals surface area contributed by atoms with Gasteiger partial charge >= 0.3 is 0 Å². The van der Waals surface area contributed by atoms with Gasteiger partial charge in [-0.25, -0.2) is 0 Å². The number of hydrogen-bond acceptors (Lipinski definition) is 2. The SMILES string of the molecule is CCC1N=CC(C)(C)N([Si](C)(C)C)C1CC. The maximum Gasteiger partial charge on any atom is 0.120 e. The first-order chi connectivity index (χ1) is 7.24. The summed E-state index contributed by atoms with van der Waals surface area (Å²) >= 11 is 0. The van der Waals surface area contributed by atoms with Crippen LogP contribution in [0, 0.1) is 0 Å². The topological polar surface area (TPSA) is 15.6 Å². The molecule has 2 nitrogen and oxygen atoms in total. The minimum atomic E-state index is -1.29. The van der Waals surface area contributed by atoms with Gasteiger partial charge in [0.25, 0.3) is 0 Å². The van der Waals surface area contributed by atoms with Crippen molar-refractivity contribution in [2.75, 3.05) is 0 Å². The minimum absolute atomic E-state index is 0.136. The van der Waals surface area contributed by atoms with E-state index in [1.54, 1.807) is 0 Å². The number of hydrogen-bond donors (Lipinski definition) is 0. The molecule has 0 saturated carbocycles. The van der Waals surface area contributed by atoms with Crippen molar-refractivity contribution >= 4 is 14.5 Å². The van der Waals surface area contributed by atoms with Gasteiger partial charge in [-0.05, 0) is 26.7 Å². The summed E-state index contributed by atoms with van der Waals surface area (Å²) in [7, 11) is -1.29. The minimum Gasteiger partial charge on any atom is -0.310 e. The molecular weight excluding hydrogens is 212 g/mol. The predicted octanol–water partition coefficient (Wildman–Crippen LogP) is 3.54. The van der Waals surface area contributed by atoms with Crippen molar-refractivity contribution in [2.24, 2.45) is 4.99 Å². The highest BCUT2D eigenvalue weighted by Gasteiger charge is 2.44. The van der Waals surface area contributed by atoms with Crippen LogP contribution >= 0.6 is 0 Å². The van der Waals surface area contributed by atoms with Gasteiger partial charge in [-0.1, -0.05) is 33.5 Å². The van der Waals surface area contributed by atoms with Gasteiger partial charge in [-0.15, -0.1) is 0 Å². The molecule has 2 atom stereocenters. The van der Waals surface area contributed by atoms with Gasteiger partial charge in [0.2, 0.25) is 0 Å². The number of nitrogens with zero attached hydrogens (tertiary/aromatic N) is 2. The Kier molecular flexibility index (Phi) is 4.01. The van der Waals surface area contributed by atoms with Crippen molar-refractivity contribution in [2.45, 2.75) is 77.8 Å². The molecule has 2 unspecified atom stereocenters. The van der Waals surface area contributed by atoms with Crippen LogP contribution in [0.1, 0.15) is 40.5 Å². The summed E-state index contributed by atoms with van der Waals surface area (Å²) in [6, 6.07) is 1.14. The van der Waals surface area contributed by atoms with E-state index >= 15 is 0 Å². The van der Waals surface area contributed by atoms with E-state index in [0.717, 1.165) is 6.42 Å². The van der Waals surface area contributed by atoms with Gasteiger partial charge in [0.1, 0.15) is 8.24 Å². The second-order valence-electron chi connectivity index (χ2n) is 6.42. The quantitative estimate of drug-likeness (QED) is 0.689. The highest BCUT2D eigenvalue weighted by atomic mass is 28.3. The standard InChI is InChI=1S/C13H28N2Si/c1-8-11-12(9-2)15(16(5,6)7)13(3,4)10-14-11/h10-12H,8-9H2,1-7H3. The zero-order valence-electron chi connectivity index (χ0n) is 12.0. The highest BCUT2D eigenvalue weighted by molar-refractivity contribution is 6.73. The third-order valence-corrected chi connectivity index (χ3v) is 5.89. The highest BCUT2D eigenvalue weighted by Crippen LogP contribution is 2.32. The van der Waals surface area contributed by atoms with E-state index in [1.165, 1.54) is 6.42 Å². The molecule has 16 heavy (non-hydrogen) atoms. The van der Waals surface area contributed by atoms with E-state index in [2.05, 4.69) is 58.1 Å². The Labute approximate surface area is 102 Å². The van der Waals surface area contributed by atoms with E-state index in [9.17, 15) is 0 Å². The van der Waals surface area contributed by atoms with Crippen LogP contribution in [0.15, 0.2) is 4.99 Å². The summed E-state index contributed by atoms with van der Waals surface area (Å²) in [5, 5.41) is 0. The maximum atomic E-state index is 4.77. The second-order valence-corrected chi connectivity index (χ2v) is 11.2. The normalized spacial score (nSPS) is 30.7. The third kappa shape index (κ3) is 2.57. The average Bonchev–Trinajstić information content (AvgIpc) is 2.13. The first-order valence-electron chi connectivity index (χ1n) is 6.57. The number of rotatable bonds is 3. The fourth-order valence-electron chi connectivity index (χ4n) is 3.23. The molecule has 1 aliphatic rings. The Morgan fingerprint density at radius 1 is 1.19 bits per heavy atom. The Morgan fingerprint density at radius 3 is 2.12 bits per heavy atom. The summed E-state index contributed by atoms with van der Waals surface area (Å²) < 4.78 is 2.78. The number of aliphatic imine (C=N–C) groups is 1. The lowest BCUT2D eigenvalue weighted by molar-refractivity contribution is 0.175. The van der Waals surface area contributed by atoms with Gasteiger partial charge in [0.15, 0.2) is 0 Å².